The molecule has 4 aliphatic carbocycles. The molecule has 0 unspecified atom stereocenters. The molecule has 1 aromatic rings. The molecule has 0 radical (unpaired) electrons. The Labute approximate surface area is 247 Å². The molecule has 1 heterocycles. The van der Waals surface area contributed by atoms with Crippen molar-refractivity contribution in [2.24, 2.45) is 22.7 Å². The molecule has 3 saturated carbocycles. The van der Waals surface area contributed by atoms with Crippen LogP contribution in [0.3, 0.4) is 0 Å². The number of carbonyl (C=O) groups is 3. The zero-order valence-corrected chi connectivity index (χ0v) is 23.5. The minimum absolute atomic E-state index is 0.0761. The molecule has 13 nitrogen and oxygen atoms in total. The number of ketones is 1. The van der Waals surface area contributed by atoms with Crippen LogP contribution in [0, 0.1) is 22.7 Å². The van der Waals surface area contributed by atoms with Crippen molar-refractivity contribution in [2.75, 3.05) is 11.9 Å². The molecule has 1 spiro atoms. The van der Waals surface area contributed by atoms with E-state index < -0.39 is 83.1 Å². The third-order valence-corrected chi connectivity index (χ3v) is 9.95. The summed E-state index contributed by atoms with van der Waals surface area (Å²) in [5.41, 5.74) is -1.88. The first-order valence-electron chi connectivity index (χ1n) is 14.2. The van der Waals surface area contributed by atoms with Gasteiger partial charge in [0.1, 0.15) is 41.4 Å². The minimum atomic E-state index is -1.81. The standard InChI is InChI=1S/C30H37NO12/c1-13-14-5-9-30(26(13)39)10-6-19(33)29(2,18(30)11-14)8-7-20(34)31-21-16(4-3-15(22(21)35)27(40)41)42-28-25(38)24(37)23(36)17(12-32)43-28/h3-4,6,10,14,17-18,23-26,28,32,35-39H,1,5,7-9,11-12H2,2H3,(H,31,34)(H,40,41)/t14-,17+,18-,23+,24-,25+,26-,28+,29-,30-/m0/s1. The van der Waals surface area contributed by atoms with E-state index in [1.165, 1.54) is 6.08 Å². The first-order chi connectivity index (χ1) is 20.2. The summed E-state index contributed by atoms with van der Waals surface area (Å²) >= 11 is 0. The third kappa shape index (κ3) is 5.03. The lowest BCUT2D eigenvalue weighted by Gasteiger charge is -2.61. The summed E-state index contributed by atoms with van der Waals surface area (Å²) in [5.74, 6) is -3.67. The molecule has 234 valence electrons. The van der Waals surface area contributed by atoms with Gasteiger partial charge in [-0.1, -0.05) is 19.6 Å². The maximum Gasteiger partial charge on any atom is 0.339 e. The van der Waals surface area contributed by atoms with Crippen molar-refractivity contribution in [1.82, 2.24) is 0 Å². The number of allylic oxidation sites excluding steroid dienone is 1. The van der Waals surface area contributed by atoms with Crippen molar-refractivity contribution >= 4 is 23.3 Å². The summed E-state index contributed by atoms with van der Waals surface area (Å²) in [6.07, 6.45) is -3.62. The number of ether oxygens (including phenoxy) is 2. The number of phenols is 1. The number of hydrogen-bond acceptors (Lipinski definition) is 11. The number of hydrogen-bond donors (Lipinski definition) is 8. The second-order valence-electron chi connectivity index (χ2n) is 12.2. The Bertz CT molecular complexity index is 1360. The molecule has 1 saturated heterocycles. The van der Waals surface area contributed by atoms with Crippen LogP contribution in [0.1, 0.15) is 49.4 Å². The Kier molecular flexibility index (Phi) is 8.18. The maximum atomic E-state index is 13.3. The van der Waals surface area contributed by atoms with Crippen LogP contribution >= 0.6 is 0 Å². The molecule has 13 heteroatoms. The Morgan fingerprint density at radius 2 is 1.88 bits per heavy atom. The van der Waals surface area contributed by atoms with Crippen LogP contribution in [0.5, 0.6) is 11.5 Å². The van der Waals surface area contributed by atoms with E-state index in [0.29, 0.717) is 12.8 Å². The number of amides is 1. The number of aliphatic hydroxyl groups is 5. The fraction of sp³-hybridized carbons (Fsp3) is 0.567. The van der Waals surface area contributed by atoms with Crippen LogP contribution in [0.4, 0.5) is 5.69 Å². The van der Waals surface area contributed by atoms with Gasteiger partial charge in [-0.3, -0.25) is 9.59 Å². The number of aliphatic hydroxyl groups excluding tert-OH is 5. The molecule has 5 aliphatic rings. The highest BCUT2D eigenvalue weighted by molar-refractivity contribution is 6.00. The van der Waals surface area contributed by atoms with Gasteiger partial charge in [-0.2, -0.15) is 0 Å². The zero-order valence-electron chi connectivity index (χ0n) is 23.5. The second-order valence-corrected chi connectivity index (χ2v) is 12.2. The monoisotopic (exact) mass is 603 g/mol. The van der Waals surface area contributed by atoms with Crippen molar-refractivity contribution < 1.29 is 59.6 Å². The molecule has 1 aliphatic heterocycles. The Morgan fingerprint density at radius 1 is 1.16 bits per heavy atom. The summed E-state index contributed by atoms with van der Waals surface area (Å²) in [6, 6.07) is 2.10. The summed E-state index contributed by atoms with van der Waals surface area (Å²) in [4.78, 5) is 38.2. The number of nitrogens with one attached hydrogen (secondary N) is 1. The predicted molar refractivity (Wildman–Crippen MR) is 148 cm³/mol. The number of fused-ring (bicyclic) bond motifs is 2. The van der Waals surface area contributed by atoms with Crippen LogP contribution in [0.2, 0.25) is 0 Å². The number of carbonyl (C=O) groups excluding carboxylic acids is 2. The Balaban J connectivity index is 1.37. The fourth-order valence-electron chi connectivity index (χ4n) is 7.32. The predicted octanol–water partition coefficient (Wildman–Crippen LogP) is 0.466. The number of rotatable bonds is 8. The van der Waals surface area contributed by atoms with Crippen molar-refractivity contribution in [3.05, 3.63) is 42.0 Å². The fourth-order valence-corrected chi connectivity index (χ4v) is 7.32. The van der Waals surface area contributed by atoms with E-state index in [9.17, 15) is 50.1 Å². The van der Waals surface area contributed by atoms with Crippen LogP contribution in [0.25, 0.3) is 0 Å². The molecule has 8 N–H and O–H groups in total. The maximum absolute atomic E-state index is 13.3. The van der Waals surface area contributed by atoms with Crippen LogP contribution < -0.4 is 10.1 Å². The van der Waals surface area contributed by atoms with E-state index in [1.54, 1.807) is 13.0 Å². The summed E-state index contributed by atoms with van der Waals surface area (Å²) in [7, 11) is 0. The first-order valence-corrected chi connectivity index (χ1v) is 14.2. The lowest BCUT2D eigenvalue weighted by molar-refractivity contribution is -0.277. The van der Waals surface area contributed by atoms with Crippen molar-refractivity contribution in [1.29, 1.82) is 0 Å². The van der Waals surface area contributed by atoms with Crippen molar-refractivity contribution in [3.63, 3.8) is 0 Å². The molecule has 6 rings (SSSR count). The van der Waals surface area contributed by atoms with Crippen molar-refractivity contribution in [2.45, 2.75) is 75.8 Å². The molecule has 1 aromatic carbocycles. The number of aromatic carboxylic acids is 1. The summed E-state index contributed by atoms with van der Waals surface area (Å²) in [6.45, 7) is 5.14. The van der Waals surface area contributed by atoms with E-state index in [-0.39, 0.29) is 36.2 Å². The van der Waals surface area contributed by atoms with Gasteiger partial charge in [0.05, 0.1) is 12.7 Å². The topological polar surface area (TPSA) is 223 Å². The van der Waals surface area contributed by atoms with Crippen LogP contribution in [-0.2, 0) is 14.3 Å². The Hall–Kier alpha value is -3.33. The van der Waals surface area contributed by atoms with Gasteiger partial charge in [-0.15, -0.1) is 0 Å². The first kappa shape index (κ1) is 31.1. The average Bonchev–Trinajstić information content (AvgIpc) is 2.98. The van der Waals surface area contributed by atoms with E-state index in [2.05, 4.69) is 11.9 Å². The van der Waals surface area contributed by atoms with Gasteiger partial charge in [-0.05, 0) is 61.3 Å². The zero-order chi connectivity index (χ0) is 31.4. The van der Waals surface area contributed by atoms with Gasteiger partial charge in [-0.25, -0.2) is 4.79 Å². The Morgan fingerprint density at radius 3 is 2.56 bits per heavy atom. The number of aromatic hydroxyl groups is 1. The van der Waals surface area contributed by atoms with Gasteiger partial charge >= 0.3 is 5.97 Å². The second kappa shape index (κ2) is 11.3. The number of carboxylic acid groups (broad SMARTS) is 1. The van der Waals surface area contributed by atoms with Crippen LogP contribution in [-0.4, -0.2) is 96.8 Å². The van der Waals surface area contributed by atoms with E-state index in [1.807, 2.05) is 0 Å². The SMILES string of the molecule is C=C1[C@H]2CC[C@@]3(C=CC(=O)[C@@](C)(CCC(=O)Nc4c(O[C@@H]5O[C@H](CO)[C@@H](O)[C@H](O)[C@H]5O)ccc(C(=O)O)c4O)[C@@H]3C2)[C@H]1O. The number of carboxylic acids is 1. The smallest absolute Gasteiger partial charge is 0.339 e. The van der Waals surface area contributed by atoms with Gasteiger partial charge in [0.25, 0.3) is 0 Å². The number of anilines is 1. The van der Waals surface area contributed by atoms with Crippen molar-refractivity contribution in [3.8, 4) is 11.5 Å². The van der Waals surface area contributed by atoms with Gasteiger partial charge in [0.2, 0.25) is 12.2 Å². The van der Waals surface area contributed by atoms with Gasteiger partial charge in [0.15, 0.2) is 11.5 Å². The van der Waals surface area contributed by atoms with E-state index in [0.717, 1.165) is 24.1 Å². The molecular formula is C30H37NO12. The van der Waals surface area contributed by atoms with Crippen LogP contribution in [0.15, 0.2) is 36.4 Å². The highest BCUT2D eigenvalue weighted by Crippen LogP contribution is 2.64. The van der Waals surface area contributed by atoms with E-state index in [4.69, 9.17) is 9.47 Å². The lowest BCUT2D eigenvalue weighted by Crippen LogP contribution is -2.60. The summed E-state index contributed by atoms with van der Waals surface area (Å²) < 4.78 is 10.9. The minimum Gasteiger partial charge on any atom is -0.505 e. The van der Waals surface area contributed by atoms with Gasteiger partial charge < -0.3 is 50.5 Å². The van der Waals surface area contributed by atoms with E-state index >= 15 is 0 Å². The normalized spacial score (nSPS) is 38.5. The quantitative estimate of drug-likeness (QED) is 0.150. The molecule has 0 aromatic heterocycles. The molecule has 2 bridgehead atoms. The molecule has 4 fully saturated rings. The largest absolute Gasteiger partial charge is 0.505 e. The lowest BCUT2D eigenvalue weighted by atomic mass is 9.43. The molecule has 10 atom stereocenters. The van der Waals surface area contributed by atoms with Gasteiger partial charge in [0, 0.05) is 17.3 Å². The summed E-state index contributed by atoms with van der Waals surface area (Å²) in [5, 5.41) is 73.8. The highest BCUT2D eigenvalue weighted by Gasteiger charge is 2.62. The number of benzene rings is 1. The average molecular weight is 604 g/mol. The highest BCUT2D eigenvalue weighted by atomic mass is 16.7. The molecule has 43 heavy (non-hydrogen) atoms. The third-order valence-electron chi connectivity index (χ3n) is 9.95. The molecular weight excluding hydrogens is 566 g/mol. The molecule has 1 amide bonds.